The standard InChI is InChI=1S/C12H18N2/c1-3-10-4-5-11(14-8-10)12-6-9(2)7-13-12/h4-5,8-9,12-13H,3,6-7H2,1-2H3/t9-,12+/m1/s1. The van der Waals surface area contributed by atoms with E-state index < -0.39 is 0 Å². The third kappa shape index (κ3) is 1.95. The molecule has 2 heteroatoms. The van der Waals surface area contributed by atoms with Crippen LogP contribution in [0.25, 0.3) is 0 Å². The Bertz CT molecular complexity index is 292. The van der Waals surface area contributed by atoms with E-state index in [1.54, 1.807) is 0 Å². The second-order valence-electron chi connectivity index (χ2n) is 4.25. The number of aryl methyl sites for hydroxylation is 1. The first-order valence-electron chi connectivity index (χ1n) is 5.47. The molecule has 0 aliphatic carbocycles. The molecule has 0 aromatic carbocycles. The van der Waals surface area contributed by atoms with E-state index in [0.717, 1.165) is 18.9 Å². The smallest absolute Gasteiger partial charge is 0.0573 e. The van der Waals surface area contributed by atoms with Crippen molar-refractivity contribution >= 4 is 0 Å². The van der Waals surface area contributed by atoms with Gasteiger partial charge in [0.05, 0.1) is 5.69 Å². The van der Waals surface area contributed by atoms with E-state index in [4.69, 9.17) is 0 Å². The zero-order chi connectivity index (χ0) is 9.97. The summed E-state index contributed by atoms with van der Waals surface area (Å²) in [5.74, 6) is 0.785. The fourth-order valence-corrected chi connectivity index (χ4v) is 1.99. The van der Waals surface area contributed by atoms with Crippen molar-refractivity contribution in [2.45, 2.75) is 32.7 Å². The highest BCUT2D eigenvalue weighted by Gasteiger charge is 2.22. The molecule has 0 radical (unpaired) electrons. The second kappa shape index (κ2) is 4.09. The highest BCUT2D eigenvalue weighted by molar-refractivity contribution is 5.17. The van der Waals surface area contributed by atoms with Gasteiger partial charge < -0.3 is 5.32 Å². The quantitative estimate of drug-likeness (QED) is 0.774. The monoisotopic (exact) mass is 190 g/mol. The van der Waals surface area contributed by atoms with E-state index in [1.807, 2.05) is 6.20 Å². The first-order valence-corrected chi connectivity index (χ1v) is 5.47. The predicted octanol–water partition coefficient (Wildman–Crippen LogP) is 2.31. The van der Waals surface area contributed by atoms with Gasteiger partial charge in [-0.25, -0.2) is 0 Å². The highest BCUT2D eigenvalue weighted by Crippen LogP contribution is 2.25. The van der Waals surface area contributed by atoms with Crippen LogP contribution in [0.3, 0.4) is 0 Å². The van der Waals surface area contributed by atoms with Gasteiger partial charge in [0, 0.05) is 12.2 Å². The molecule has 1 aliphatic rings. The van der Waals surface area contributed by atoms with Crippen molar-refractivity contribution in [2.75, 3.05) is 6.54 Å². The Morgan fingerprint density at radius 1 is 1.50 bits per heavy atom. The maximum atomic E-state index is 4.50. The molecule has 0 unspecified atom stereocenters. The minimum Gasteiger partial charge on any atom is -0.308 e. The zero-order valence-electron chi connectivity index (χ0n) is 8.96. The van der Waals surface area contributed by atoms with Crippen LogP contribution < -0.4 is 5.32 Å². The van der Waals surface area contributed by atoms with E-state index in [2.05, 4.69) is 36.3 Å². The Balaban J connectivity index is 2.09. The van der Waals surface area contributed by atoms with Gasteiger partial charge in [-0.3, -0.25) is 4.98 Å². The maximum absolute atomic E-state index is 4.50. The molecule has 0 spiro atoms. The molecular weight excluding hydrogens is 172 g/mol. The average molecular weight is 190 g/mol. The molecule has 14 heavy (non-hydrogen) atoms. The van der Waals surface area contributed by atoms with Crippen molar-refractivity contribution in [1.82, 2.24) is 10.3 Å². The first kappa shape index (κ1) is 9.66. The normalized spacial score (nSPS) is 26.7. The molecule has 1 aromatic rings. The number of aromatic nitrogens is 1. The van der Waals surface area contributed by atoms with Gasteiger partial charge in [-0.15, -0.1) is 0 Å². The highest BCUT2D eigenvalue weighted by atomic mass is 15.0. The summed E-state index contributed by atoms with van der Waals surface area (Å²) >= 11 is 0. The summed E-state index contributed by atoms with van der Waals surface area (Å²) in [6.45, 7) is 5.57. The van der Waals surface area contributed by atoms with E-state index in [-0.39, 0.29) is 0 Å². The lowest BCUT2D eigenvalue weighted by Gasteiger charge is -2.09. The van der Waals surface area contributed by atoms with Crippen molar-refractivity contribution < 1.29 is 0 Å². The van der Waals surface area contributed by atoms with Gasteiger partial charge in [-0.05, 0) is 36.9 Å². The third-order valence-electron chi connectivity index (χ3n) is 2.96. The molecule has 2 rings (SSSR count). The lowest BCUT2D eigenvalue weighted by atomic mass is 10.0. The predicted molar refractivity (Wildman–Crippen MR) is 58.1 cm³/mol. The SMILES string of the molecule is CCc1ccc([C@@H]2C[C@@H](C)CN2)nc1. The molecule has 1 aromatic heterocycles. The van der Waals surface area contributed by atoms with Gasteiger partial charge in [-0.2, -0.15) is 0 Å². The fraction of sp³-hybridized carbons (Fsp3) is 0.583. The molecule has 1 aliphatic heterocycles. The fourth-order valence-electron chi connectivity index (χ4n) is 1.99. The van der Waals surface area contributed by atoms with Crippen molar-refractivity contribution in [3.8, 4) is 0 Å². The van der Waals surface area contributed by atoms with Crippen LogP contribution >= 0.6 is 0 Å². The van der Waals surface area contributed by atoms with Crippen LogP contribution in [0.4, 0.5) is 0 Å². The number of hydrogen-bond donors (Lipinski definition) is 1. The lowest BCUT2D eigenvalue weighted by Crippen LogP contribution is -2.14. The van der Waals surface area contributed by atoms with Gasteiger partial charge in [0.15, 0.2) is 0 Å². The number of rotatable bonds is 2. The molecule has 1 saturated heterocycles. The lowest BCUT2D eigenvalue weighted by molar-refractivity contribution is 0.598. The average Bonchev–Trinajstić information content (AvgIpc) is 2.65. The Labute approximate surface area is 85.7 Å². The van der Waals surface area contributed by atoms with Crippen LogP contribution in [0.1, 0.15) is 37.6 Å². The molecule has 1 N–H and O–H groups in total. The molecule has 2 heterocycles. The van der Waals surface area contributed by atoms with E-state index in [1.165, 1.54) is 17.7 Å². The second-order valence-corrected chi connectivity index (χ2v) is 4.25. The van der Waals surface area contributed by atoms with Crippen LogP contribution in [0, 0.1) is 5.92 Å². The summed E-state index contributed by atoms with van der Waals surface area (Å²) in [6.07, 6.45) is 4.29. The molecule has 0 amide bonds. The summed E-state index contributed by atoms with van der Waals surface area (Å²) in [5.41, 5.74) is 2.52. The molecule has 0 bridgehead atoms. The van der Waals surface area contributed by atoms with E-state index in [9.17, 15) is 0 Å². The molecule has 0 saturated carbocycles. The molecule has 2 atom stereocenters. The minimum atomic E-state index is 0.482. The van der Waals surface area contributed by atoms with Crippen LogP contribution in [0.5, 0.6) is 0 Å². The summed E-state index contributed by atoms with van der Waals surface area (Å²) in [7, 11) is 0. The number of nitrogens with zero attached hydrogens (tertiary/aromatic N) is 1. The Morgan fingerprint density at radius 2 is 2.36 bits per heavy atom. The van der Waals surface area contributed by atoms with Gasteiger partial charge in [0.2, 0.25) is 0 Å². The Kier molecular flexibility index (Phi) is 2.82. The van der Waals surface area contributed by atoms with Gasteiger partial charge in [0.1, 0.15) is 0 Å². The summed E-state index contributed by atoms with van der Waals surface area (Å²) in [5, 5.41) is 3.50. The van der Waals surface area contributed by atoms with Crippen molar-refractivity contribution in [1.29, 1.82) is 0 Å². The largest absolute Gasteiger partial charge is 0.308 e. The van der Waals surface area contributed by atoms with Crippen molar-refractivity contribution in [3.05, 3.63) is 29.6 Å². The maximum Gasteiger partial charge on any atom is 0.0573 e. The molecule has 76 valence electrons. The molecule has 2 nitrogen and oxygen atoms in total. The van der Waals surface area contributed by atoms with Crippen LogP contribution in [0.15, 0.2) is 18.3 Å². The van der Waals surface area contributed by atoms with Crippen molar-refractivity contribution in [3.63, 3.8) is 0 Å². The number of nitrogens with one attached hydrogen (secondary N) is 1. The Morgan fingerprint density at radius 3 is 2.86 bits per heavy atom. The van der Waals surface area contributed by atoms with Crippen LogP contribution in [-0.2, 0) is 6.42 Å². The van der Waals surface area contributed by atoms with Crippen LogP contribution in [0.2, 0.25) is 0 Å². The van der Waals surface area contributed by atoms with E-state index in [0.29, 0.717) is 6.04 Å². The van der Waals surface area contributed by atoms with E-state index >= 15 is 0 Å². The number of hydrogen-bond acceptors (Lipinski definition) is 2. The van der Waals surface area contributed by atoms with Gasteiger partial charge in [0.25, 0.3) is 0 Å². The topological polar surface area (TPSA) is 24.9 Å². The molecular formula is C12H18N2. The minimum absolute atomic E-state index is 0.482. The van der Waals surface area contributed by atoms with Crippen molar-refractivity contribution in [2.24, 2.45) is 5.92 Å². The third-order valence-corrected chi connectivity index (χ3v) is 2.96. The summed E-state index contributed by atoms with van der Waals surface area (Å²) in [6, 6.07) is 4.83. The molecule has 1 fully saturated rings. The zero-order valence-corrected chi connectivity index (χ0v) is 8.96. The summed E-state index contributed by atoms with van der Waals surface area (Å²) < 4.78 is 0. The Hall–Kier alpha value is -0.890. The number of pyridine rings is 1. The summed E-state index contributed by atoms with van der Waals surface area (Å²) in [4.78, 5) is 4.50. The van der Waals surface area contributed by atoms with Gasteiger partial charge in [-0.1, -0.05) is 19.9 Å². The van der Waals surface area contributed by atoms with Crippen LogP contribution in [-0.4, -0.2) is 11.5 Å². The first-order chi connectivity index (χ1) is 6.79. The van der Waals surface area contributed by atoms with Gasteiger partial charge >= 0.3 is 0 Å².